The van der Waals surface area contributed by atoms with Gasteiger partial charge < -0.3 is 0 Å². The molecule has 0 aliphatic carbocycles. The fourth-order valence-electron chi connectivity index (χ4n) is 1.41. The van der Waals surface area contributed by atoms with Crippen molar-refractivity contribution in [2.24, 2.45) is 0 Å². The topological polar surface area (TPSA) is 74.8 Å². The van der Waals surface area contributed by atoms with Crippen LogP contribution in [0.25, 0.3) is 0 Å². The van der Waals surface area contributed by atoms with Gasteiger partial charge in [-0.3, -0.25) is 29.0 Å². The Morgan fingerprint density at radius 1 is 0.750 bits per heavy atom. The minimum atomic E-state index is -0.310. The second-order valence-electron chi connectivity index (χ2n) is 3.90. The van der Waals surface area contributed by atoms with Crippen LogP contribution in [0, 0.1) is 0 Å². The summed E-state index contributed by atoms with van der Waals surface area (Å²) in [6, 6.07) is 0. The Hall–Kier alpha value is -1.54. The van der Waals surface area contributed by atoms with Crippen molar-refractivity contribution in [3.05, 3.63) is 22.5 Å². The van der Waals surface area contributed by atoms with E-state index < -0.39 is 0 Å². The van der Waals surface area contributed by atoms with Crippen LogP contribution in [0.4, 0.5) is 0 Å². The fourth-order valence-corrected chi connectivity index (χ4v) is 2.87. The summed E-state index contributed by atoms with van der Waals surface area (Å²) in [6.45, 7) is 5.41. The highest BCUT2D eigenvalue weighted by atomic mass is 32.2. The average molecular weight is 314 g/mol. The first-order valence-electron chi connectivity index (χ1n) is 5.62. The van der Waals surface area contributed by atoms with Crippen LogP contribution >= 0.6 is 23.5 Å². The standard InChI is InChI=1S/C12H14N2O4S2/c1-7(15)13-5-12(20-10(4)18)14(8(2)16)6-11(13)19-9(3)17/h5-6H,1-4H3. The van der Waals surface area contributed by atoms with E-state index in [1.54, 1.807) is 0 Å². The average Bonchev–Trinajstić information content (AvgIpc) is 2.28. The van der Waals surface area contributed by atoms with Gasteiger partial charge in [-0.1, -0.05) is 0 Å². The van der Waals surface area contributed by atoms with Gasteiger partial charge in [-0.25, -0.2) is 0 Å². The molecule has 8 heteroatoms. The Labute approximate surface area is 125 Å². The van der Waals surface area contributed by atoms with E-state index in [9.17, 15) is 19.2 Å². The summed E-state index contributed by atoms with van der Waals surface area (Å²) >= 11 is 1.70. The monoisotopic (exact) mass is 314 g/mol. The summed E-state index contributed by atoms with van der Waals surface area (Å²) in [7, 11) is 0. The Morgan fingerprint density at radius 2 is 1.05 bits per heavy atom. The number of nitrogens with zero attached hydrogens (tertiary/aromatic N) is 2. The van der Waals surface area contributed by atoms with Gasteiger partial charge in [0.25, 0.3) is 0 Å². The van der Waals surface area contributed by atoms with Crippen LogP contribution in [0.1, 0.15) is 27.7 Å². The van der Waals surface area contributed by atoms with Gasteiger partial charge in [0.2, 0.25) is 11.8 Å². The van der Waals surface area contributed by atoms with E-state index in [0.717, 1.165) is 23.5 Å². The molecule has 0 atom stereocenters. The van der Waals surface area contributed by atoms with Gasteiger partial charge >= 0.3 is 0 Å². The molecule has 1 rings (SSSR count). The molecule has 2 amide bonds. The number of carbonyl (C=O) groups is 4. The van der Waals surface area contributed by atoms with Crippen LogP contribution in [-0.4, -0.2) is 31.8 Å². The molecule has 0 saturated carbocycles. The van der Waals surface area contributed by atoms with Crippen molar-refractivity contribution in [1.29, 1.82) is 0 Å². The zero-order valence-corrected chi connectivity index (χ0v) is 13.1. The van der Waals surface area contributed by atoms with E-state index in [1.165, 1.54) is 49.9 Å². The molecule has 1 aliphatic heterocycles. The molecule has 0 bridgehead atoms. The van der Waals surface area contributed by atoms with Crippen LogP contribution in [0.3, 0.4) is 0 Å². The number of carbonyl (C=O) groups excluding carboxylic acids is 4. The predicted molar refractivity (Wildman–Crippen MR) is 77.8 cm³/mol. The molecule has 0 spiro atoms. The lowest BCUT2D eigenvalue weighted by atomic mass is 10.4. The summed E-state index contributed by atoms with van der Waals surface area (Å²) in [5, 5.41) is 0.241. The Bertz CT molecular complexity index is 492. The first-order valence-corrected chi connectivity index (χ1v) is 7.25. The highest BCUT2D eigenvalue weighted by Gasteiger charge is 2.26. The third-order valence-electron chi connectivity index (χ3n) is 2.13. The highest BCUT2D eigenvalue weighted by molar-refractivity contribution is 8.17. The second kappa shape index (κ2) is 6.76. The van der Waals surface area contributed by atoms with Crippen LogP contribution in [0.5, 0.6) is 0 Å². The number of hydrogen-bond acceptors (Lipinski definition) is 6. The smallest absolute Gasteiger partial charge is 0.228 e. The predicted octanol–water partition coefficient (Wildman–Crippen LogP) is 1.85. The van der Waals surface area contributed by atoms with Crippen molar-refractivity contribution >= 4 is 45.6 Å². The lowest BCUT2D eigenvalue weighted by Gasteiger charge is -2.30. The molecule has 0 N–H and O–H groups in total. The van der Waals surface area contributed by atoms with Gasteiger partial charge in [0.1, 0.15) is 10.1 Å². The normalized spacial score (nSPS) is 14.6. The molecule has 0 aromatic rings. The minimum Gasteiger partial charge on any atom is -0.287 e. The molecule has 108 valence electrons. The molecule has 1 aliphatic rings. The van der Waals surface area contributed by atoms with Crippen molar-refractivity contribution in [2.45, 2.75) is 27.7 Å². The van der Waals surface area contributed by atoms with E-state index in [2.05, 4.69) is 0 Å². The zero-order chi connectivity index (χ0) is 15.4. The molecule has 6 nitrogen and oxygen atoms in total. The molecule has 0 aromatic carbocycles. The maximum Gasteiger partial charge on any atom is 0.228 e. The molecule has 20 heavy (non-hydrogen) atoms. The van der Waals surface area contributed by atoms with Crippen LogP contribution in [0.15, 0.2) is 22.5 Å². The van der Waals surface area contributed by atoms with Crippen LogP contribution < -0.4 is 0 Å². The van der Waals surface area contributed by atoms with E-state index >= 15 is 0 Å². The number of hydrogen-bond donors (Lipinski definition) is 0. The van der Waals surface area contributed by atoms with E-state index in [4.69, 9.17) is 0 Å². The molecular weight excluding hydrogens is 300 g/mol. The molecule has 0 radical (unpaired) electrons. The minimum absolute atomic E-state index is 0.206. The van der Waals surface area contributed by atoms with Crippen LogP contribution in [0.2, 0.25) is 0 Å². The lowest BCUT2D eigenvalue weighted by Crippen LogP contribution is -2.33. The summed E-state index contributed by atoms with van der Waals surface area (Å²) in [4.78, 5) is 48.2. The van der Waals surface area contributed by atoms with Crippen LogP contribution in [-0.2, 0) is 19.2 Å². The largest absolute Gasteiger partial charge is 0.287 e. The first kappa shape index (κ1) is 16.5. The molecule has 0 unspecified atom stereocenters. The summed E-state index contributed by atoms with van der Waals surface area (Å²) in [5.74, 6) is -0.621. The van der Waals surface area contributed by atoms with Crippen molar-refractivity contribution in [3.63, 3.8) is 0 Å². The molecule has 0 aromatic heterocycles. The van der Waals surface area contributed by atoms with E-state index in [0.29, 0.717) is 10.1 Å². The van der Waals surface area contributed by atoms with Gasteiger partial charge in [-0.2, -0.15) is 0 Å². The fraction of sp³-hybridized carbons (Fsp3) is 0.333. The van der Waals surface area contributed by atoms with E-state index in [-0.39, 0.29) is 22.0 Å². The molecule has 0 fully saturated rings. The highest BCUT2D eigenvalue weighted by Crippen LogP contribution is 2.33. The zero-order valence-electron chi connectivity index (χ0n) is 11.5. The molecular formula is C12H14N2O4S2. The molecule has 0 saturated heterocycles. The number of rotatable bonds is 2. The lowest BCUT2D eigenvalue weighted by molar-refractivity contribution is -0.127. The third kappa shape index (κ3) is 4.24. The maximum absolute atomic E-state index is 11.6. The van der Waals surface area contributed by atoms with Crippen molar-refractivity contribution < 1.29 is 19.2 Å². The second-order valence-corrected chi connectivity index (χ2v) is 6.29. The van der Waals surface area contributed by atoms with Gasteiger partial charge in [0.15, 0.2) is 10.2 Å². The van der Waals surface area contributed by atoms with Crippen molar-refractivity contribution in [3.8, 4) is 0 Å². The SMILES string of the molecule is CC(=O)SC1=CN(C(C)=O)C(SC(C)=O)=CN1C(C)=O. The Balaban J connectivity index is 3.20. The van der Waals surface area contributed by atoms with Crippen molar-refractivity contribution in [1.82, 2.24) is 9.80 Å². The summed E-state index contributed by atoms with van der Waals surface area (Å²) in [6.07, 6.45) is 2.78. The van der Waals surface area contributed by atoms with Gasteiger partial charge in [0, 0.05) is 40.1 Å². The summed E-state index contributed by atoms with van der Waals surface area (Å²) < 4.78 is 0. The Morgan fingerprint density at radius 3 is 1.25 bits per heavy atom. The molecule has 1 heterocycles. The van der Waals surface area contributed by atoms with E-state index in [1.807, 2.05) is 0 Å². The quantitative estimate of drug-likeness (QED) is 0.774. The van der Waals surface area contributed by atoms with Gasteiger partial charge in [0.05, 0.1) is 0 Å². The van der Waals surface area contributed by atoms with Crippen molar-refractivity contribution in [2.75, 3.05) is 0 Å². The Kier molecular flexibility index (Phi) is 5.58. The van der Waals surface area contributed by atoms with Gasteiger partial charge in [-0.05, 0) is 23.5 Å². The van der Waals surface area contributed by atoms with Gasteiger partial charge in [-0.15, -0.1) is 0 Å². The third-order valence-corrected chi connectivity index (χ3v) is 3.73. The summed E-state index contributed by atoms with van der Waals surface area (Å²) in [5.41, 5.74) is 0. The number of thioether (sulfide) groups is 2. The first-order chi connectivity index (χ1) is 9.22. The maximum atomic E-state index is 11.6. The number of amides is 2.